The molecule has 1 heterocycles. The summed E-state index contributed by atoms with van der Waals surface area (Å²) in [7, 11) is -4.05. The van der Waals surface area contributed by atoms with Crippen LogP contribution in [0, 0.1) is 12.7 Å². The van der Waals surface area contributed by atoms with Crippen molar-refractivity contribution in [1.82, 2.24) is 5.16 Å². The molecule has 2 aromatic rings. The Hall–Kier alpha value is -2.22. The van der Waals surface area contributed by atoms with Gasteiger partial charge in [0.15, 0.2) is 9.84 Å². The first-order valence-corrected chi connectivity index (χ1v) is 7.12. The SMILES string of the molecule is Cc1cc(CS(=O)(=O)c2cc(C(=O)O)ccc2F)no1. The maximum Gasteiger partial charge on any atom is 0.335 e. The van der Waals surface area contributed by atoms with Gasteiger partial charge in [-0.1, -0.05) is 5.16 Å². The molecule has 0 spiro atoms. The largest absolute Gasteiger partial charge is 0.478 e. The number of rotatable bonds is 4. The molecule has 8 heteroatoms. The highest BCUT2D eigenvalue weighted by Crippen LogP contribution is 2.21. The number of hydrogen-bond donors (Lipinski definition) is 1. The van der Waals surface area contributed by atoms with Crippen LogP contribution in [-0.2, 0) is 15.6 Å². The van der Waals surface area contributed by atoms with E-state index >= 15 is 0 Å². The van der Waals surface area contributed by atoms with Gasteiger partial charge >= 0.3 is 5.97 Å². The van der Waals surface area contributed by atoms with Crippen molar-refractivity contribution in [2.24, 2.45) is 0 Å². The van der Waals surface area contributed by atoms with Gasteiger partial charge in [0.1, 0.15) is 22.2 Å². The Morgan fingerprint density at radius 1 is 1.40 bits per heavy atom. The number of carbonyl (C=O) groups is 1. The lowest BCUT2D eigenvalue weighted by molar-refractivity contribution is 0.0696. The van der Waals surface area contributed by atoms with E-state index in [9.17, 15) is 17.6 Å². The topological polar surface area (TPSA) is 97.5 Å². The number of hydrogen-bond acceptors (Lipinski definition) is 5. The Kier molecular flexibility index (Phi) is 3.58. The number of aromatic carboxylic acids is 1. The molecule has 0 saturated heterocycles. The van der Waals surface area contributed by atoms with E-state index in [4.69, 9.17) is 9.63 Å². The smallest absolute Gasteiger partial charge is 0.335 e. The molecule has 0 saturated carbocycles. The van der Waals surface area contributed by atoms with Gasteiger partial charge in [0.05, 0.1) is 11.3 Å². The van der Waals surface area contributed by atoms with Gasteiger partial charge in [-0.05, 0) is 25.1 Å². The molecule has 2 rings (SSSR count). The van der Waals surface area contributed by atoms with Crippen LogP contribution >= 0.6 is 0 Å². The number of carboxylic acid groups (broad SMARTS) is 1. The fourth-order valence-corrected chi connectivity index (χ4v) is 2.99. The number of carboxylic acids is 1. The average Bonchev–Trinajstić information content (AvgIpc) is 2.73. The monoisotopic (exact) mass is 299 g/mol. The van der Waals surface area contributed by atoms with E-state index in [0.29, 0.717) is 5.76 Å². The van der Waals surface area contributed by atoms with Crippen molar-refractivity contribution in [1.29, 1.82) is 0 Å². The Morgan fingerprint density at radius 2 is 2.10 bits per heavy atom. The number of aromatic nitrogens is 1. The molecule has 20 heavy (non-hydrogen) atoms. The van der Waals surface area contributed by atoms with E-state index < -0.39 is 32.3 Å². The summed E-state index contributed by atoms with van der Waals surface area (Å²) in [4.78, 5) is 10.1. The average molecular weight is 299 g/mol. The first-order chi connectivity index (χ1) is 9.29. The highest BCUT2D eigenvalue weighted by molar-refractivity contribution is 7.90. The molecule has 0 radical (unpaired) electrons. The molecule has 0 aliphatic heterocycles. The molecule has 0 amide bonds. The molecular formula is C12H10FNO5S. The van der Waals surface area contributed by atoms with E-state index in [0.717, 1.165) is 18.2 Å². The van der Waals surface area contributed by atoms with Crippen molar-refractivity contribution < 1.29 is 27.2 Å². The van der Waals surface area contributed by atoms with Crippen LogP contribution in [0.4, 0.5) is 4.39 Å². The third kappa shape index (κ3) is 2.85. The molecule has 1 N–H and O–H groups in total. The van der Waals surface area contributed by atoms with Crippen LogP contribution in [0.3, 0.4) is 0 Å². The molecule has 0 bridgehead atoms. The van der Waals surface area contributed by atoms with Crippen molar-refractivity contribution in [2.75, 3.05) is 0 Å². The fourth-order valence-electron chi connectivity index (χ4n) is 1.63. The van der Waals surface area contributed by atoms with Crippen LogP contribution in [0.1, 0.15) is 21.8 Å². The standard InChI is InChI=1S/C12H10FNO5S/c1-7-4-9(14-19-7)6-20(17,18)11-5-8(12(15)16)2-3-10(11)13/h2-5H,6H2,1H3,(H,15,16). The molecule has 0 fully saturated rings. The Morgan fingerprint density at radius 3 is 2.65 bits per heavy atom. The first kappa shape index (κ1) is 14.2. The molecule has 6 nitrogen and oxygen atoms in total. The summed E-state index contributed by atoms with van der Waals surface area (Å²) in [5.74, 6) is -2.48. The Bertz CT molecular complexity index is 766. The molecule has 1 aromatic carbocycles. The van der Waals surface area contributed by atoms with Gasteiger partial charge in [-0.3, -0.25) is 0 Å². The maximum absolute atomic E-state index is 13.6. The van der Waals surface area contributed by atoms with Gasteiger partial charge in [0.2, 0.25) is 0 Å². The quantitative estimate of drug-likeness (QED) is 0.924. The zero-order valence-corrected chi connectivity index (χ0v) is 11.1. The van der Waals surface area contributed by atoms with Crippen LogP contribution in [0.2, 0.25) is 0 Å². The van der Waals surface area contributed by atoms with E-state index in [2.05, 4.69) is 5.16 Å². The van der Waals surface area contributed by atoms with Gasteiger partial charge in [-0.2, -0.15) is 0 Å². The van der Waals surface area contributed by atoms with Gasteiger partial charge in [0.25, 0.3) is 0 Å². The van der Waals surface area contributed by atoms with Crippen molar-refractivity contribution in [2.45, 2.75) is 17.6 Å². The van der Waals surface area contributed by atoms with Crippen molar-refractivity contribution in [3.8, 4) is 0 Å². The minimum Gasteiger partial charge on any atom is -0.478 e. The normalized spacial score (nSPS) is 11.5. The van der Waals surface area contributed by atoms with Crippen molar-refractivity contribution in [3.63, 3.8) is 0 Å². The molecular weight excluding hydrogens is 289 g/mol. The highest BCUT2D eigenvalue weighted by Gasteiger charge is 2.23. The summed E-state index contributed by atoms with van der Waals surface area (Å²) in [5.41, 5.74) is -0.177. The van der Waals surface area contributed by atoms with E-state index in [1.807, 2.05) is 0 Å². The van der Waals surface area contributed by atoms with Crippen LogP contribution in [0.15, 0.2) is 33.7 Å². The van der Waals surface area contributed by atoms with Gasteiger partial charge < -0.3 is 9.63 Å². The zero-order valence-electron chi connectivity index (χ0n) is 10.3. The predicted octanol–water partition coefficient (Wildman–Crippen LogP) is 1.79. The predicted molar refractivity (Wildman–Crippen MR) is 65.5 cm³/mol. The van der Waals surface area contributed by atoms with E-state index in [1.54, 1.807) is 6.92 Å². The summed E-state index contributed by atoms with van der Waals surface area (Å²) < 4.78 is 42.5. The van der Waals surface area contributed by atoms with E-state index in [-0.39, 0.29) is 11.3 Å². The lowest BCUT2D eigenvalue weighted by Gasteiger charge is -2.05. The van der Waals surface area contributed by atoms with Crippen molar-refractivity contribution >= 4 is 15.8 Å². The van der Waals surface area contributed by atoms with Crippen LogP contribution in [-0.4, -0.2) is 24.7 Å². The minimum atomic E-state index is -4.05. The Labute approximate surface area is 113 Å². The van der Waals surface area contributed by atoms with Crippen LogP contribution in [0.25, 0.3) is 0 Å². The molecule has 1 aromatic heterocycles. The second-order valence-corrected chi connectivity index (χ2v) is 6.10. The third-order valence-corrected chi connectivity index (χ3v) is 4.19. The number of nitrogens with zero attached hydrogens (tertiary/aromatic N) is 1. The van der Waals surface area contributed by atoms with Gasteiger partial charge in [-0.15, -0.1) is 0 Å². The number of benzene rings is 1. The summed E-state index contributed by atoms with van der Waals surface area (Å²) in [6.07, 6.45) is 0. The van der Waals surface area contributed by atoms with Crippen LogP contribution in [0.5, 0.6) is 0 Å². The third-order valence-electron chi connectivity index (χ3n) is 2.53. The van der Waals surface area contributed by atoms with Gasteiger partial charge in [0, 0.05) is 6.07 Å². The van der Waals surface area contributed by atoms with Crippen molar-refractivity contribution in [3.05, 3.63) is 47.1 Å². The molecule has 0 aliphatic carbocycles. The number of sulfone groups is 1. The summed E-state index contributed by atoms with van der Waals surface area (Å²) >= 11 is 0. The second kappa shape index (κ2) is 5.04. The summed E-state index contributed by atoms with van der Waals surface area (Å²) in [6, 6.07) is 4.01. The van der Waals surface area contributed by atoms with E-state index in [1.165, 1.54) is 6.07 Å². The summed E-state index contributed by atoms with van der Waals surface area (Å²) in [5, 5.41) is 12.3. The lowest BCUT2D eigenvalue weighted by atomic mass is 10.2. The summed E-state index contributed by atoms with van der Waals surface area (Å²) in [6.45, 7) is 1.59. The van der Waals surface area contributed by atoms with Crippen LogP contribution < -0.4 is 0 Å². The second-order valence-electron chi connectivity index (χ2n) is 4.14. The lowest BCUT2D eigenvalue weighted by Crippen LogP contribution is -2.09. The minimum absolute atomic E-state index is 0.127. The fraction of sp³-hybridized carbons (Fsp3) is 0.167. The molecule has 0 aliphatic rings. The molecule has 106 valence electrons. The Balaban J connectivity index is 2.43. The zero-order chi connectivity index (χ0) is 14.9. The number of aryl methyl sites for hydroxylation is 1. The van der Waals surface area contributed by atoms with Gasteiger partial charge in [-0.25, -0.2) is 17.6 Å². The first-order valence-electron chi connectivity index (χ1n) is 5.47. The number of halogens is 1. The maximum atomic E-state index is 13.6. The molecule has 0 unspecified atom stereocenters. The molecule has 0 atom stereocenters. The highest BCUT2D eigenvalue weighted by atomic mass is 32.2.